The molecule has 1 heterocycles. The lowest BCUT2D eigenvalue weighted by Crippen LogP contribution is -2.21. The van der Waals surface area contributed by atoms with Gasteiger partial charge >= 0.3 is 0 Å². The number of fused-ring (bicyclic) bond motifs is 1. The number of carboxylic acids is 1. The molecule has 0 saturated heterocycles. The van der Waals surface area contributed by atoms with E-state index in [0.717, 1.165) is 10.9 Å². The fourth-order valence-electron chi connectivity index (χ4n) is 1.31. The molecule has 0 aliphatic carbocycles. The molecule has 0 radical (unpaired) electrons. The molecule has 66 valence electrons. The average Bonchev–Trinajstić information content (AvgIpc) is 2.49. The zero-order chi connectivity index (χ0) is 9.42. The Labute approximate surface area is 74.6 Å². The number of carboxylic acid groups (broad SMARTS) is 1. The predicted molar refractivity (Wildman–Crippen MR) is 45.3 cm³/mol. The largest absolute Gasteiger partial charge is 0.542 e. The minimum atomic E-state index is -1.28. The first-order valence-electron chi connectivity index (χ1n) is 3.89. The summed E-state index contributed by atoms with van der Waals surface area (Å²) in [7, 11) is 0. The van der Waals surface area contributed by atoms with Crippen molar-refractivity contribution in [3.05, 3.63) is 35.6 Å². The lowest BCUT2D eigenvalue weighted by atomic mass is 10.1. The van der Waals surface area contributed by atoms with Crippen LogP contribution in [0, 0.1) is 6.92 Å². The highest BCUT2D eigenvalue weighted by molar-refractivity contribution is 5.91. The second-order valence-electron chi connectivity index (χ2n) is 2.88. The van der Waals surface area contributed by atoms with Gasteiger partial charge in [-0.05, 0) is 24.6 Å². The smallest absolute Gasteiger partial charge is 0.150 e. The van der Waals surface area contributed by atoms with Gasteiger partial charge in [-0.1, -0.05) is 12.1 Å². The lowest BCUT2D eigenvalue weighted by molar-refractivity contribution is -0.256. The van der Waals surface area contributed by atoms with E-state index in [9.17, 15) is 9.90 Å². The van der Waals surface area contributed by atoms with Gasteiger partial charge in [0, 0.05) is 5.39 Å². The molecule has 2 aromatic rings. The maximum absolute atomic E-state index is 10.5. The first-order valence-corrected chi connectivity index (χ1v) is 3.89. The normalized spacial score (nSPS) is 10.5. The highest BCUT2D eigenvalue weighted by Gasteiger charge is 2.05. The van der Waals surface area contributed by atoms with E-state index in [0.29, 0.717) is 5.58 Å². The van der Waals surface area contributed by atoms with Crippen LogP contribution in [0.2, 0.25) is 0 Å². The van der Waals surface area contributed by atoms with Gasteiger partial charge in [-0.15, -0.1) is 0 Å². The quantitative estimate of drug-likeness (QED) is 0.652. The number of carbonyl (C=O) groups excluding carboxylic acids is 1. The zero-order valence-electron chi connectivity index (χ0n) is 7.03. The summed E-state index contributed by atoms with van der Waals surface area (Å²) in [6, 6.07) is 6.94. The molecule has 0 amide bonds. The molecule has 0 aliphatic heterocycles. The Balaban J connectivity index is 2.75. The predicted octanol–water partition coefficient (Wildman–Crippen LogP) is 1.10. The van der Waals surface area contributed by atoms with Crippen LogP contribution in [0.4, 0.5) is 0 Å². The molecule has 1 aromatic carbocycles. The second kappa shape index (κ2) is 2.62. The average molecular weight is 175 g/mol. The Hall–Kier alpha value is -1.77. The Kier molecular flexibility index (Phi) is 1.59. The van der Waals surface area contributed by atoms with Crippen molar-refractivity contribution >= 4 is 16.9 Å². The van der Waals surface area contributed by atoms with Crippen LogP contribution in [0.3, 0.4) is 0 Å². The first-order chi connectivity index (χ1) is 6.18. The molecule has 0 saturated carbocycles. The standard InChI is InChI=1S/C10H8O3/c1-6-3-2-4-8-7(6)5-9(13-8)10(11)12/h2-5H,1H3,(H,11,12)/p-1. The van der Waals surface area contributed by atoms with E-state index in [1.165, 1.54) is 6.07 Å². The van der Waals surface area contributed by atoms with Crippen molar-refractivity contribution < 1.29 is 14.3 Å². The molecule has 3 nitrogen and oxygen atoms in total. The summed E-state index contributed by atoms with van der Waals surface area (Å²) >= 11 is 0. The Morgan fingerprint density at radius 3 is 2.85 bits per heavy atom. The van der Waals surface area contributed by atoms with Gasteiger partial charge in [0.25, 0.3) is 0 Å². The van der Waals surface area contributed by atoms with Crippen molar-refractivity contribution in [2.45, 2.75) is 6.92 Å². The Morgan fingerprint density at radius 2 is 2.23 bits per heavy atom. The van der Waals surface area contributed by atoms with Crippen molar-refractivity contribution in [1.82, 2.24) is 0 Å². The highest BCUT2D eigenvalue weighted by Crippen LogP contribution is 2.21. The van der Waals surface area contributed by atoms with Gasteiger partial charge in [-0.3, -0.25) is 0 Å². The maximum atomic E-state index is 10.5. The molecule has 0 fully saturated rings. The third kappa shape index (κ3) is 1.18. The van der Waals surface area contributed by atoms with Crippen LogP contribution in [0.5, 0.6) is 0 Å². The minimum Gasteiger partial charge on any atom is -0.542 e. The molecule has 13 heavy (non-hydrogen) atoms. The van der Waals surface area contributed by atoms with Crippen LogP contribution in [-0.4, -0.2) is 5.97 Å². The summed E-state index contributed by atoms with van der Waals surface area (Å²) in [6.07, 6.45) is 0. The number of carbonyl (C=O) groups is 1. The van der Waals surface area contributed by atoms with E-state index in [-0.39, 0.29) is 5.76 Å². The Morgan fingerprint density at radius 1 is 1.46 bits per heavy atom. The molecule has 0 atom stereocenters. The molecule has 0 unspecified atom stereocenters. The monoisotopic (exact) mass is 175 g/mol. The minimum absolute atomic E-state index is 0.121. The molecule has 1 aromatic heterocycles. The number of aromatic carboxylic acids is 1. The van der Waals surface area contributed by atoms with E-state index in [2.05, 4.69) is 0 Å². The van der Waals surface area contributed by atoms with E-state index >= 15 is 0 Å². The van der Waals surface area contributed by atoms with E-state index in [1.807, 2.05) is 19.1 Å². The van der Waals surface area contributed by atoms with Crippen LogP contribution in [0.25, 0.3) is 11.0 Å². The number of hydrogen-bond donors (Lipinski definition) is 0. The zero-order valence-corrected chi connectivity index (χ0v) is 7.03. The van der Waals surface area contributed by atoms with Crippen molar-refractivity contribution in [1.29, 1.82) is 0 Å². The highest BCUT2D eigenvalue weighted by atomic mass is 16.4. The molecular weight excluding hydrogens is 168 g/mol. The fraction of sp³-hybridized carbons (Fsp3) is 0.100. The maximum Gasteiger partial charge on any atom is 0.150 e. The van der Waals surface area contributed by atoms with Gasteiger partial charge < -0.3 is 14.3 Å². The molecule has 0 spiro atoms. The van der Waals surface area contributed by atoms with Gasteiger partial charge in [-0.2, -0.15) is 0 Å². The number of benzene rings is 1. The number of rotatable bonds is 1. The van der Waals surface area contributed by atoms with Crippen LogP contribution in [0.1, 0.15) is 16.1 Å². The van der Waals surface area contributed by atoms with Crippen LogP contribution >= 0.6 is 0 Å². The number of aryl methyl sites for hydroxylation is 1. The molecule has 3 heteroatoms. The van der Waals surface area contributed by atoms with E-state index in [1.54, 1.807) is 6.07 Å². The topological polar surface area (TPSA) is 53.3 Å². The summed E-state index contributed by atoms with van der Waals surface area (Å²) in [6.45, 7) is 1.90. The summed E-state index contributed by atoms with van der Waals surface area (Å²) < 4.78 is 5.05. The summed E-state index contributed by atoms with van der Waals surface area (Å²) in [4.78, 5) is 10.5. The Bertz CT molecular complexity index is 468. The number of hydrogen-bond acceptors (Lipinski definition) is 3. The summed E-state index contributed by atoms with van der Waals surface area (Å²) in [5, 5.41) is 11.3. The van der Waals surface area contributed by atoms with Crippen molar-refractivity contribution in [2.75, 3.05) is 0 Å². The van der Waals surface area contributed by atoms with Crippen molar-refractivity contribution in [2.24, 2.45) is 0 Å². The van der Waals surface area contributed by atoms with Crippen molar-refractivity contribution in [3.8, 4) is 0 Å². The third-order valence-corrected chi connectivity index (χ3v) is 1.98. The SMILES string of the molecule is Cc1cccc2oc(C(=O)[O-])cc12. The van der Waals surface area contributed by atoms with Gasteiger partial charge in [0.1, 0.15) is 11.6 Å². The molecule has 0 aliphatic rings. The van der Waals surface area contributed by atoms with Crippen molar-refractivity contribution in [3.63, 3.8) is 0 Å². The second-order valence-corrected chi connectivity index (χ2v) is 2.88. The fourth-order valence-corrected chi connectivity index (χ4v) is 1.31. The first kappa shape index (κ1) is 7.86. The number of furan rings is 1. The van der Waals surface area contributed by atoms with E-state index in [4.69, 9.17) is 4.42 Å². The molecule has 0 N–H and O–H groups in total. The third-order valence-electron chi connectivity index (χ3n) is 1.98. The van der Waals surface area contributed by atoms with Gasteiger partial charge in [0.05, 0.1) is 0 Å². The van der Waals surface area contributed by atoms with Gasteiger partial charge in [-0.25, -0.2) is 0 Å². The summed E-state index contributed by atoms with van der Waals surface area (Å²) in [5.74, 6) is -1.40. The van der Waals surface area contributed by atoms with Gasteiger partial charge in [0.2, 0.25) is 0 Å². The van der Waals surface area contributed by atoms with Crippen LogP contribution in [-0.2, 0) is 0 Å². The molecule has 0 bridgehead atoms. The van der Waals surface area contributed by atoms with Crippen LogP contribution in [0.15, 0.2) is 28.7 Å². The molecule has 2 rings (SSSR count). The van der Waals surface area contributed by atoms with E-state index < -0.39 is 5.97 Å². The lowest BCUT2D eigenvalue weighted by Gasteiger charge is -1.92. The summed E-state index contributed by atoms with van der Waals surface area (Å²) in [5.41, 5.74) is 1.58. The van der Waals surface area contributed by atoms with Crippen LogP contribution < -0.4 is 5.11 Å². The molecular formula is C10H7O3-. The van der Waals surface area contributed by atoms with Gasteiger partial charge in [0.15, 0.2) is 5.76 Å².